The summed E-state index contributed by atoms with van der Waals surface area (Å²) < 4.78 is 28.2. The topological polar surface area (TPSA) is 63.4 Å². The van der Waals surface area contributed by atoms with Gasteiger partial charge in [0.1, 0.15) is 12.0 Å². The van der Waals surface area contributed by atoms with Crippen LogP contribution in [-0.4, -0.2) is 36.0 Å². The number of carbonyl (C=O) groups is 2. The molecule has 2 aliphatic carbocycles. The second-order valence-electron chi connectivity index (χ2n) is 6.66. The van der Waals surface area contributed by atoms with Crippen molar-refractivity contribution in [3.63, 3.8) is 0 Å². The van der Waals surface area contributed by atoms with E-state index in [1.807, 2.05) is 0 Å². The molecule has 0 saturated heterocycles. The predicted molar refractivity (Wildman–Crippen MR) is 74.7 cm³/mol. The number of hydrogen-bond acceptors (Lipinski definition) is 2. The number of amides is 2. The molecule has 1 aromatic rings. The molecule has 1 aliphatic heterocycles. The lowest BCUT2D eigenvalue weighted by molar-refractivity contribution is -0.118. The SMILES string of the molecule is NC(=O)CN1CC2(CC2)c2c(ccc([C@H]3C[C@@H]3F)c2F)C1=O. The molecule has 2 fully saturated rings. The Morgan fingerprint density at radius 3 is 2.64 bits per heavy atom. The molecule has 4 nitrogen and oxygen atoms in total. The van der Waals surface area contributed by atoms with E-state index in [0.717, 1.165) is 12.8 Å². The van der Waals surface area contributed by atoms with Gasteiger partial charge in [0.2, 0.25) is 5.91 Å². The maximum atomic E-state index is 14.9. The summed E-state index contributed by atoms with van der Waals surface area (Å²) in [5.74, 6) is -1.75. The first-order chi connectivity index (χ1) is 10.4. The lowest BCUT2D eigenvalue weighted by atomic mass is 9.84. The number of carbonyl (C=O) groups excluding carboxylic acids is 2. The van der Waals surface area contributed by atoms with Crippen molar-refractivity contribution in [1.82, 2.24) is 4.90 Å². The average molecular weight is 306 g/mol. The van der Waals surface area contributed by atoms with Crippen LogP contribution in [0.1, 0.15) is 46.7 Å². The fourth-order valence-corrected chi connectivity index (χ4v) is 3.62. The Balaban J connectivity index is 1.79. The fourth-order valence-electron chi connectivity index (χ4n) is 3.62. The molecule has 2 atom stereocenters. The average Bonchev–Trinajstić information content (AvgIpc) is 3.35. The second kappa shape index (κ2) is 4.27. The Morgan fingerprint density at radius 2 is 2.09 bits per heavy atom. The zero-order valence-corrected chi connectivity index (χ0v) is 11.9. The summed E-state index contributed by atoms with van der Waals surface area (Å²) in [7, 11) is 0. The molecular formula is C16H16F2N2O2. The lowest BCUT2D eigenvalue weighted by Crippen LogP contribution is -2.47. The van der Waals surface area contributed by atoms with Gasteiger partial charge in [-0.05, 0) is 30.9 Å². The van der Waals surface area contributed by atoms with E-state index in [1.165, 1.54) is 11.0 Å². The molecule has 116 valence electrons. The van der Waals surface area contributed by atoms with Crippen LogP contribution in [0.15, 0.2) is 12.1 Å². The molecule has 1 aromatic carbocycles. The first-order valence-corrected chi connectivity index (χ1v) is 7.47. The summed E-state index contributed by atoms with van der Waals surface area (Å²) in [4.78, 5) is 25.0. The highest BCUT2D eigenvalue weighted by Crippen LogP contribution is 2.55. The summed E-state index contributed by atoms with van der Waals surface area (Å²) in [6.45, 7) is 0.157. The van der Waals surface area contributed by atoms with Gasteiger partial charge in [0, 0.05) is 29.0 Å². The summed E-state index contributed by atoms with van der Waals surface area (Å²) in [6, 6.07) is 3.09. The van der Waals surface area contributed by atoms with Crippen LogP contribution in [0.4, 0.5) is 8.78 Å². The molecule has 22 heavy (non-hydrogen) atoms. The number of nitrogens with two attached hydrogens (primary N) is 1. The van der Waals surface area contributed by atoms with E-state index < -0.39 is 23.3 Å². The van der Waals surface area contributed by atoms with Gasteiger partial charge in [-0.3, -0.25) is 9.59 Å². The summed E-state index contributed by atoms with van der Waals surface area (Å²) >= 11 is 0. The number of nitrogens with zero attached hydrogens (tertiary/aromatic N) is 1. The van der Waals surface area contributed by atoms with E-state index in [9.17, 15) is 18.4 Å². The number of alkyl halides is 1. The van der Waals surface area contributed by atoms with E-state index in [4.69, 9.17) is 5.73 Å². The van der Waals surface area contributed by atoms with Crippen molar-refractivity contribution in [1.29, 1.82) is 0 Å². The fraction of sp³-hybridized carbons (Fsp3) is 0.500. The maximum Gasteiger partial charge on any atom is 0.254 e. The van der Waals surface area contributed by atoms with Crippen molar-refractivity contribution < 1.29 is 18.4 Å². The van der Waals surface area contributed by atoms with Crippen molar-refractivity contribution in [3.8, 4) is 0 Å². The number of fused-ring (bicyclic) bond motifs is 2. The Kier molecular flexibility index (Phi) is 2.65. The monoisotopic (exact) mass is 306 g/mol. The second-order valence-corrected chi connectivity index (χ2v) is 6.66. The normalized spacial score (nSPS) is 27.7. The number of hydrogen-bond donors (Lipinski definition) is 1. The molecule has 2 saturated carbocycles. The lowest BCUT2D eigenvalue weighted by Gasteiger charge is -2.34. The van der Waals surface area contributed by atoms with Crippen LogP contribution in [0.2, 0.25) is 0 Å². The van der Waals surface area contributed by atoms with Gasteiger partial charge in [-0.2, -0.15) is 0 Å². The van der Waals surface area contributed by atoms with Crippen molar-refractivity contribution >= 4 is 11.8 Å². The van der Waals surface area contributed by atoms with Crippen LogP contribution < -0.4 is 5.73 Å². The Bertz CT molecular complexity index is 700. The van der Waals surface area contributed by atoms with Crippen LogP contribution in [-0.2, 0) is 10.2 Å². The van der Waals surface area contributed by atoms with Gasteiger partial charge >= 0.3 is 0 Å². The molecule has 0 bridgehead atoms. The molecule has 1 spiro atoms. The highest BCUT2D eigenvalue weighted by Gasteiger charge is 2.54. The maximum absolute atomic E-state index is 14.9. The minimum absolute atomic E-state index is 0.154. The molecule has 2 N–H and O–H groups in total. The van der Waals surface area contributed by atoms with Crippen LogP contribution in [0.3, 0.4) is 0 Å². The predicted octanol–water partition coefficient (Wildman–Crippen LogP) is 1.62. The van der Waals surface area contributed by atoms with Crippen LogP contribution in [0, 0.1) is 5.82 Å². The standard InChI is InChI=1S/C16H16F2N2O2/c17-11-5-10(11)8-1-2-9-13(14(8)18)16(3-4-16)7-20(15(9)22)6-12(19)21/h1-2,10-11H,3-7H2,(H2,19,21)/t10-,11+/m1/s1. The molecule has 6 heteroatoms. The van der Waals surface area contributed by atoms with Gasteiger partial charge in [-0.1, -0.05) is 6.07 Å². The smallest absolute Gasteiger partial charge is 0.254 e. The van der Waals surface area contributed by atoms with Gasteiger partial charge in [-0.15, -0.1) is 0 Å². The molecule has 1 heterocycles. The first kappa shape index (κ1) is 13.7. The van der Waals surface area contributed by atoms with Gasteiger partial charge in [0.15, 0.2) is 0 Å². The Morgan fingerprint density at radius 1 is 1.41 bits per heavy atom. The number of rotatable bonds is 3. The van der Waals surface area contributed by atoms with E-state index >= 15 is 0 Å². The quantitative estimate of drug-likeness (QED) is 0.922. The summed E-state index contributed by atoms with van der Waals surface area (Å²) in [5, 5.41) is 0. The highest BCUT2D eigenvalue weighted by atomic mass is 19.1. The Hall–Kier alpha value is -1.98. The largest absolute Gasteiger partial charge is 0.368 e. The van der Waals surface area contributed by atoms with E-state index in [1.54, 1.807) is 6.07 Å². The van der Waals surface area contributed by atoms with E-state index in [2.05, 4.69) is 0 Å². The molecule has 2 amide bonds. The number of benzene rings is 1. The molecule has 4 rings (SSSR count). The molecule has 0 radical (unpaired) electrons. The number of primary amides is 1. The van der Waals surface area contributed by atoms with Crippen LogP contribution >= 0.6 is 0 Å². The first-order valence-electron chi connectivity index (χ1n) is 7.47. The van der Waals surface area contributed by atoms with Crippen LogP contribution in [0.5, 0.6) is 0 Å². The zero-order chi connectivity index (χ0) is 15.6. The minimum Gasteiger partial charge on any atom is -0.368 e. The van der Waals surface area contributed by atoms with Crippen molar-refractivity contribution in [3.05, 3.63) is 34.6 Å². The third kappa shape index (κ3) is 1.86. The van der Waals surface area contributed by atoms with E-state index in [0.29, 0.717) is 29.7 Å². The number of halogens is 2. The third-order valence-electron chi connectivity index (χ3n) is 5.03. The third-order valence-corrected chi connectivity index (χ3v) is 5.03. The van der Waals surface area contributed by atoms with Crippen LogP contribution in [0.25, 0.3) is 0 Å². The minimum atomic E-state index is -0.978. The van der Waals surface area contributed by atoms with Gasteiger partial charge in [0.25, 0.3) is 5.91 Å². The van der Waals surface area contributed by atoms with E-state index in [-0.39, 0.29) is 18.4 Å². The van der Waals surface area contributed by atoms with Gasteiger partial charge in [0.05, 0.1) is 6.54 Å². The Labute approximate surface area is 126 Å². The van der Waals surface area contributed by atoms with Gasteiger partial charge < -0.3 is 10.6 Å². The summed E-state index contributed by atoms with van der Waals surface area (Å²) in [6.07, 6.45) is 0.914. The molecule has 0 unspecified atom stereocenters. The summed E-state index contributed by atoms with van der Waals surface area (Å²) in [5.41, 5.74) is 5.87. The van der Waals surface area contributed by atoms with Gasteiger partial charge in [-0.25, -0.2) is 8.78 Å². The molecule has 0 aromatic heterocycles. The molecule has 3 aliphatic rings. The highest BCUT2D eigenvalue weighted by molar-refractivity contribution is 5.99. The zero-order valence-electron chi connectivity index (χ0n) is 11.9. The molecular weight excluding hydrogens is 290 g/mol. The van der Waals surface area contributed by atoms with Crippen molar-refractivity contribution in [2.75, 3.05) is 13.1 Å². The van der Waals surface area contributed by atoms with Crippen molar-refractivity contribution in [2.45, 2.75) is 36.8 Å². The van der Waals surface area contributed by atoms with Crippen molar-refractivity contribution in [2.24, 2.45) is 5.73 Å².